The molecule has 1 N–H and O–H groups in total. The van der Waals surface area contributed by atoms with E-state index in [2.05, 4.69) is 56.9 Å². The van der Waals surface area contributed by atoms with E-state index in [1.54, 1.807) is 6.07 Å². The number of hydrogen-bond donors (Lipinski definition) is 1. The zero-order chi connectivity index (χ0) is 46.7. The van der Waals surface area contributed by atoms with Gasteiger partial charge in [0, 0.05) is 54.1 Å². The van der Waals surface area contributed by atoms with Gasteiger partial charge in [-0.1, -0.05) is 129 Å². The van der Waals surface area contributed by atoms with Gasteiger partial charge in [0.1, 0.15) is 29.6 Å². The van der Waals surface area contributed by atoms with E-state index in [0.29, 0.717) is 35.6 Å². The number of ether oxygens (including phenoxy) is 2. The molecule has 2 aliphatic rings. The van der Waals surface area contributed by atoms with Crippen molar-refractivity contribution >= 4 is 45.3 Å². The Balaban J connectivity index is 1.28. The van der Waals surface area contributed by atoms with E-state index in [4.69, 9.17) is 36.1 Å². The summed E-state index contributed by atoms with van der Waals surface area (Å²) in [5.74, 6) is -0.215. The molecule has 1 amide bonds. The topological polar surface area (TPSA) is 109 Å². The molecular formula is C53H57ClFN7O4. The minimum Gasteiger partial charge on any atom is -0.465 e. The second-order valence-electron chi connectivity index (χ2n) is 19.2. The molecule has 66 heavy (non-hydrogen) atoms. The fourth-order valence-corrected chi connectivity index (χ4v) is 10.4. The van der Waals surface area contributed by atoms with Gasteiger partial charge < -0.3 is 24.4 Å². The third-order valence-electron chi connectivity index (χ3n) is 14.1. The van der Waals surface area contributed by atoms with Gasteiger partial charge in [0.15, 0.2) is 5.82 Å². The predicted molar refractivity (Wildman–Crippen MR) is 259 cm³/mol. The SMILES string of the molecule is Cc1ccc2c(c(C)nn2C(c2ccccc2)(c2ccccc2)c2ccccc2)c1-c1c(Cl)cc2c(N3C[C@@](C)(C(C)(C)C)N(C(=O)O)C[C@@H]3C)nc(OCC3CN(C)CCO3)nc2c1F. The molecule has 9 rings (SSSR count). The minimum atomic E-state index is -0.997. The van der Waals surface area contributed by atoms with E-state index in [1.807, 2.05) is 116 Å². The molecule has 0 radical (unpaired) electrons. The Hall–Kier alpha value is -6.08. The number of rotatable bonds is 9. The Morgan fingerprint density at radius 1 is 0.909 bits per heavy atom. The average Bonchev–Trinajstić information content (AvgIpc) is 3.63. The number of piperazine rings is 1. The van der Waals surface area contributed by atoms with E-state index in [-0.39, 0.29) is 54.0 Å². The Morgan fingerprint density at radius 3 is 2.08 bits per heavy atom. The molecule has 0 aliphatic carbocycles. The standard InChI is InChI=1S/C53H57ClFN7O4/c1-33-24-25-42-44(35(3)58-62(42)53(36-18-12-9-13-19-36,37-20-14-10-15-21-37)38-22-16-11-17-23-38)43(33)45-41(54)28-40-47(46(45)55)56-49(66-31-39-30-59(8)26-27-65-39)57-48(40)60-32-52(7,51(4,5)6)61(50(63)64)29-34(60)2/h9-25,28,34,39H,26-27,29-32H2,1-8H3,(H,63,64)/t34-,39?,52-/m0/s1. The first-order valence-electron chi connectivity index (χ1n) is 22.6. The predicted octanol–water partition coefficient (Wildman–Crippen LogP) is 10.6. The van der Waals surface area contributed by atoms with Crippen molar-refractivity contribution in [3.05, 3.63) is 148 Å². The van der Waals surface area contributed by atoms with Crippen molar-refractivity contribution in [3.63, 3.8) is 0 Å². The summed E-state index contributed by atoms with van der Waals surface area (Å²) in [6.45, 7) is 16.6. The summed E-state index contributed by atoms with van der Waals surface area (Å²) in [5, 5.41) is 17.2. The number of carboxylic acid groups (broad SMARTS) is 1. The number of anilines is 1. The fourth-order valence-electron chi connectivity index (χ4n) is 10.1. The molecule has 5 aromatic carbocycles. The first-order chi connectivity index (χ1) is 31.5. The van der Waals surface area contributed by atoms with Gasteiger partial charge in [-0.3, -0.25) is 4.90 Å². The van der Waals surface area contributed by atoms with E-state index < -0.39 is 28.4 Å². The molecule has 2 aliphatic heterocycles. The highest BCUT2D eigenvalue weighted by molar-refractivity contribution is 6.35. The van der Waals surface area contributed by atoms with Crippen molar-refractivity contribution in [3.8, 4) is 17.1 Å². The molecule has 1 unspecified atom stereocenters. The second kappa shape index (κ2) is 17.3. The third kappa shape index (κ3) is 7.52. The number of halogens is 2. The number of benzene rings is 5. The van der Waals surface area contributed by atoms with Crippen molar-refractivity contribution in [2.75, 3.05) is 51.3 Å². The maximum Gasteiger partial charge on any atom is 0.407 e. The van der Waals surface area contributed by atoms with Gasteiger partial charge in [-0.2, -0.15) is 15.1 Å². The van der Waals surface area contributed by atoms with Crippen LogP contribution in [0.4, 0.5) is 15.0 Å². The van der Waals surface area contributed by atoms with Crippen LogP contribution in [0.5, 0.6) is 6.01 Å². The molecule has 7 aromatic rings. The fraction of sp³-hybridized carbons (Fsp3) is 0.358. The molecule has 3 atom stereocenters. The van der Waals surface area contributed by atoms with Crippen LogP contribution in [0.2, 0.25) is 5.02 Å². The Bertz CT molecular complexity index is 2830. The highest BCUT2D eigenvalue weighted by Crippen LogP contribution is 2.48. The lowest BCUT2D eigenvalue weighted by Crippen LogP contribution is -2.70. The Morgan fingerprint density at radius 2 is 1.52 bits per heavy atom. The molecule has 13 heteroatoms. The summed E-state index contributed by atoms with van der Waals surface area (Å²) < 4.78 is 32.7. The summed E-state index contributed by atoms with van der Waals surface area (Å²) in [7, 11) is 2.03. The maximum atomic E-state index is 18.3. The highest BCUT2D eigenvalue weighted by Gasteiger charge is 2.51. The monoisotopic (exact) mass is 909 g/mol. The number of amides is 1. The van der Waals surface area contributed by atoms with Crippen LogP contribution in [0.15, 0.2) is 109 Å². The molecule has 0 spiro atoms. The van der Waals surface area contributed by atoms with Crippen LogP contribution in [-0.2, 0) is 10.3 Å². The largest absolute Gasteiger partial charge is 0.465 e. The Kier molecular flexibility index (Phi) is 11.8. The van der Waals surface area contributed by atoms with Crippen molar-refractivity contribution in [1.29, 1.82) is 0 Å². The lowest BCUT2D eigenvalue weighted by Gasteiger charge is -2.56. The highest BCUT2D eigenvalue weighted by atomic mass is 35.5. The van der Waals surface area contributed by atoms with Crippen LogP contribution in [0.3, 0.4) is 0 Å². The van der Waals surface area contributed by atoms with Gasteiger partial charge in [0.25, 0.3) is 0 Å². The minimum absolute atomic E-state index is 0.0101. The molecule has 0 bridgehead atoms. The zero-order valence-corrected chi connectivity index (χ0v) is 39.6. The van der Waals surface area contributed by atoms with Gasteiger partial charge in [0.2, 0.25) is 0 Å². The summed E-state index contributed by atoms with van der Waals surface area (Å²) in [6.07, 6.45) is -1.24. The van der Waals surface area contributed by atoms with Gasteiger partial charge in [-0.05, 0) is 74.5 Å². The summed E-state index contributed by atoms with van der Waals surface area (Å²) in [4.78, 5) is 28.3. The summed E-state index contributed by atoms with van der Waals surface area (Å²) in [6, 6.07) is 36.5. The smallest absolute Gasteiger partial charge is 0.407 e. The lowest BCUT2D eigenvalue weighted by atomic mass is 9.71. The molecule has 4 heterocycles. The van der Waals surface area contributed by atoms with E-state index in [1.165, 1.54) is 4.90 Å². The van der Waals surface area contributed by atoms with Crippen molar-refractivity contribution in [2.45, 2.75) is 71.7 Å². The molecule has 342 valence electrons. The number of morpholine rings is 1. The number of hydrogen-bond acceptors (Lipinski definition) is 8. The second-order valence-corrected chi connectivity index (χ2v) is 19.6. The maximum absolute atomic E-state index is 18.3. The number of fused-ring (bicyclic) bond motifs is 2. The molecule has 11 nitrogen and oxygen atoms in total. The van der Waals surface area contributed by atoms with E-state index in [9.17, 15) is 9.90 Å². The quantitative estimate of drug-likeness (QED) is 0.142. The van der Waals surface area contributed by atoms with Gasteiger partial charge in [0.05, 0.1) is 28.4 Å². The number of aryl methyl sites for hydroxylation is 2. The number of aromatic nitrogens is 4. The molecule has 0 saturated carbocycles. The zero-order valence-electron chi connectivity index (χ0n) is 38.8. The molecule has 2 aromatic heterocycles. The van der Waals surface area contributed by atoms with Gasteiger partial charge in [-0.25, -0.2) is 13.9 Å². The molecule has 2 fully saturated rings. The number of likely N-dealkylation sites (N-methyl/N-ethyl adjacent to an activating group) is 1. The van der Waals surface area contributed by atoms with E-state index >= 15 is 4.39 Å². The molecular weight excluding hydrogens is 853 g/mol. The average molecular weight is 911 g/mol. The van der Waals surface area contributed by atoms with Gasteiger partial charge in [-0.15, -0.1) is 0 Å². The third-order valence-corrected chi connectivity index (χ3v) is 14.4. The summed E-state index contributed by atoms with van der Waals surface area (Å²) in [5.41, 5.74) is 3.88. The van der Waals surface area contributed by atoms with Crippen LogP contribution in [0.25, 0.3) is 32.9 Å². The van der Waals surface area contributed by atoms with E-state index in [0.717, 1.165) is 39.7 Å². The first-order valence-corrected chi connectivity index (χ1v) is 23.0. The van der Waals surface area contributed by atoms with Crippen LogP contribution >= 0.6 is 11.6 Å². The first kappa shape index (κ1) is 45.1. The van der Waals surface area contributed by atoms with Crippen LogP contribution < -0.4 is 9.64 Å². The van der Waals surface area contributed by atoms with Crippen LogP contribution in [-0.4, -0.2) is 105 Å². The van der Waals surface area contributed by atoms with Crippen LogP contribution in [0, 0.1) is 25.1 Å². The summed E-state index contributed by atoms with van der Waals surface area (Å²) >= 11 is 7.43. The van der Waals surface area contributed by atoms with Crippen molar-refractivity contribution in [2.24, 2.45) is 5.41 Å². The molecule has 2 saturated heterocycles. The number of nitrogens with zero attached hydrogens (tertiary/aromatic N) is 7. The lowest BCUT2D eigenvalue weighted by molar-refractivity contribution is -0.0416. The Labute approximate surface area is 390 Å². The van der Waals surface area contributed by atoms with Crippen molar-refractivity contribution < 1.29 is 23.8 Å². The number of carbonyl (C=O) groups is 1. The normalized spacial score (nSPS) is 19.7. The van der Waals surface area contributed by atoms with Crippen LogP contribution in [0.1, 0.15) is 62.6 Å². The van der Waals surface area contributed by atoms with Crippen molar-refractivity contribution in [1.82, 2.24) is 29.5 Å². The van der Waals surface area contributed by atoms with Gasteiger partial charge >= 0.3 is 12.1 Å².